The Bertz CT molecular complexity index is 1140. The summed E-state index contributed by atoms with van der Waals surface area (Å²) >= 11 is 0. The summed E-state index contributed by atoms with van der Waals surface area (Å²) in [6.45, 7) is 18.4. The van der Waals surface area contributed by atoms with Crippen molar-refractivity contribution >= 4 is 5.78 Å². The SMILES string of the molecule is C[C@H]1[C@H](O)[C@@H](O)[C@H](O[C@H](CC[C@@H](C)C2CC[C@@]3(C)C4CC=C5C(CC[C@H](O)C5(C)C)[C@]4(C)C(=O)C[C@]23C)C(C)(C)O)O[C@@H]1CO. The third-order valence-electron chi connectivity index (χ3n) is 14.6. The van der Waals surface area contributed by atoms with Crippen LogP contribution in [0.3, 0.4) is 0 Å². The van der Waals surface area contributed by atoms with Gasteiger partial charge < -0.3 is 35.0 Å². The van der Waals surface area contributed by atoms with E-state index in [9.17, 15) is 30.3 Å². The van der Waals surface area contributed by atoms with E-state index in [1.807, 2.05) is 0 Å². The molecule has 3 saturated carbocycles. The van der Waals surface area contributed by atoms with E-state index in [4.69, 9.17) is 9.47 Å². The summed E-state index contributed by atoms with van der Waals surface area (Å²) in [7, 11) is 0. The van der Waals surface area contributed by atoms with Crippen molar-refractivity contribution < 1.29 is 39.8 Å². The van der Waals surface area contributed by atoms with Crippen molar-refractivity contribution in [2.24, 2.45) is 51.2 Å². The lowest BCUT2D eigenvalue weighted by atomic mass is 9.38. The minimum absolute atomic E-state index is 0.00909. The predicted molar refractivity (Wildman–Crippen MR) is 172 cm³/mol. The second-order valence-corrected chi connectivity index (χ2v) is 17.6. The van der Waals surface area contributed by atoms with Gasteiger partial charge in [0, 0.05) is 23.2 Å². The molecule has 4 aliphatic carbocycles. The molecule has 1 saturated heterocycles. The summed E-state index contributed by atoms with van der Waals surface area (Å²) < 4.78 is 12.0. The monoisotopic (exact) mass is 634 g/mol. The Kier molecular flexibility index (Phi) is 9.39. The Balaban J connectivity index is 1.33. The van der Waals surface area contributed by atoms with Gasteiger partial charge in [0.2, 0.25) is 0 Å². The lowest BCUT2D eigenvalue weighted by Gasteiger charge is -2.64. The highest BCUT2D eigenvalue weighted by molar-refractivity contribution is 5.88. The first-order valence-corrected chi connectivity index (χ1v) is 17.7. The van der Waals surface area contributed by atoms with Crippen LogP contribution in [0.25, 0.3) is 0 Å². The van der Waals surface area contributed by atoms with Crippen LogP contribution in [-0.4, -0.2) is 80.3 Å². The van der Waals surface area contributed by atoms with E-state index >= 15 is 0 Å². The molecule has 258 valence electrons. The van der Waals surface area contributed by atoms with Crippen molar-refractivity contribution in [2.45, 2.75) is 156 Å². The minimum atomic E-state index is -1.29. The Labute approximate surface area is 271 Å². The summed E-state index contributed by atoms with van der Waals surface area (Å²) in [6, 6.07) is 0. The van der Waals surface area contributed by atoms with Crippen LogP contribution >= 0.6 is 0 Å². The molecular weight excluding hydrogens is 572 g/mol. The zero-order chi connectivity index (χ0) is 33.5. The van der Waals surface area contributed by atoms with E-state index in [1.165, 1.54) is 5.57 Å². The molecule has 8 heteroatoms. The maximum Gasteiger partial charge on any atom is 0.186 e. The number of hydrogen-bond acceptors (Lipinski definition) is 8. The van der Waals surface area contributed by atoms with Gasteiger partial charge in [-0.05, 0) is 93.3 Å². The number of carbonyl (C=O) groups is 1. The highest BCUT2D eigenvalue weighted by atomic mass is 16.7. The van der Waals surface area contributed by atoms with Gasteiger partial charge in [-0.2, -0.15) is 0 Å². The summed E-state index contributed by atoms with van der Waals surface area (Å²) in [4.78, 5) is 14.5. The van der Waals surface area contributed by atoms with E-state index in [0.717, 1.165) is 38.5 Å². The number of allylic oxidation sites excluding steroid dienone is 1. The molecule has 1 heterocycles. The van der Waals surface area contributed by atoms with Crippen molar-refractivity contribution in [3.8, 4) is 0 Å². The molecule has 14 atom stereocenters. The van der Waals surface area contributed by atoms with E-state index < -0.39 is 47.6 Å². The fourth-order valence-corrected chi connectivity index (χ4v) is 11.1. The van der Waals surface area contributed by atoms with Gasteiger partial charge in [0.1, 0.15) is 11.9 Å². The molecule has 0 bridgehead atoms. The quantitative estimate of drug-likeness (QED) is 0.241. The van der Waals surface area contributed by atoms with Crippen LogP contribution in [0, 0.1) is 51.2 Å². The van der Waals surface area contributed by atoms with Crippen LogP contribution in [-0.2, 0) is 14.3 Å². The molecule has 0 aromatic heterocycles. The molecule has 0 aromatic carbocycles. The topological polar surface area (TPSA) is 137 Å². The molecule has 5 rings (SSSR count). The molecular formula is C37H62O8. The predicted octanol–water partition coefficient (Wildman–Crippen LogP) is 4.78. The third-order valence-corrected chi connectivity index (χ3v) is 14.6. The van der Waals surface area contributed by atoms with E-state index in [0.29, 0.717) is 24.5 Å². The molecule has 0 aromatic rings. The van der Waals surface area contributed by atoms with Crippen LogP contribution in [0.2, 0.25) is 0 Å². The van der Waals surface area contributed by atoms with E-state index in [-0.39, 0.29) is 46.7 Å². The largest absolute Gasteiger partial charge is 0.394 e. The highest BCUT2D eigenvalue weighted by Crippen LogP contribution is 2.74. The van der Waals surface area contributed by atoms with Gasteiger partial charge in [-0.1, -0.05) is 60.1 Å². The second-order valence-electron chi connectivity index (χ2n) is 17.6. The molecule has 5 aliphatic rings. The lowest BCUT2D eigenvalue weighted by molar-refractivity contribution is -0.312. The number of fused-ring (bicyclic) bond motifs is 5. The van der Waals surface area contributed by atoms with Crippen LogP contribution in [0.1, 0.15) is 114 Å². The first-order chi connectivity index (χ1) is 20.7. The fraction of sp³-hybridized carbons (Fsp3) is 0.919. The second kappa shape index (κ2) is 11.9. The zero-order valence-electron chi connectivity index (χ0n) is 29.3. The smallest absolute Gasteiger partial charge is 0.186 e. The Morgan fingerprint density at radius 3 is 2.31 bits per heavy atom. The molecule has 0 spiro atoms. The third kappa shape index (κ3) is 5.41. The first-order valence-electron chi connectivity index (χ1n) is 17.7. The summed E-state index contributed by atoms with van der Waals surface area (Å²) in [5.41, 5.74) is -0.793. The molecule has 0 amide bonds. The number of Topliss-reactive ketones (excluding diaryl/α,β-unsaturated/α-hetero) is 1. The van der Waals surface area contributed by atoms with Gasteiger partial charge in [0.15, 0.2) is 6.29 Å². The average Bonchev–Trinajstić information content (AvgIpc) is 3.22. The standard InChI is InChI=1S/C37H62O8/c1-20(10-15-29(34(5,6)43)45-32-31(42)30(41)21(2)25(19-38)44-32)22-16-17-35(7)26-13-11-23-24(12-14-27(39)33(23,3)4)37(26,9)28(40)18-36(22,35)8/h11,20-22,24-27,29-32,38-39,41-43H,10,12-19H2,1-9H3/t20-,21-,22?,24?,25-,26?,27+,29-,30+,31-,32+,35+,36-,37+/m1/s1. The zero-order valence-corrected chi connectivity index (χ0v) is 29.3. The van der Waals surface area contributed by atoms with Gasteiger partial charge in [0.25, 0.3) is 0 Å². The molecule has 1 aliphatic heterocycles. The molecule has 4 fully saturated rings. The summed E-state index contributed by atoms with van der Waals surface area (Å²) in [5.74, 6) is 1.00. The fourth-order valence-electron chi connectivity index (χ4n) is 11.1. The Hall–Kier alpha value is -0.870. The summed E-state index contributed by atoms with van der Waals surface area (Å²) in [6.07, 6.45) is 3.64. The number of carbonyl (C=O) groups excluding carboxylic acids is 1. The van der Waals surface area contributed by atoms with E-state index in [1.54, 1.807) is 20.8 Å². The van der Waals surface area contributed by atoms with Gasteiger partial charge >= 0.3 is 0 Å². The van der Waals surface area contributed by atoms with Crippen LogP contribution in [0.15, 0.2) is 11.6 Å². The first kappa shape index (κ1) is 35.4. The average molecular weight is 635 g/mol. The minimum Gasteiger partial charge on any atom is -0.394 e. The van der Waals surface area contributed by atoms with Gasteiger partial charge in [-0.25, -0.2) is 0 Å². The number of ketones is 1. The Morgan fingerprint density at radius 2 is 1.69 bits per heavy atom. The molecule has 5 N–H and O–H groups in total. The van der Waals surface area contributed by atoms with Crippen molar-refractivity contribution in [1.29, 1.82) is 0 Å². The van der Waals surface area contributed by atoms with Crippen LogP contribution < -0.4 is 0 Å². The summed E-state index contributed by atoms with van der Waals surface area (Å²) in [5, 5.41) is 53.0. The number of rotatable bonds is 8. The van der Waals surface area contributed by atoms with Crippen molar-refractivity contribution in [3.05, 3.63) is 11.6 Å². The molecule has 0 radical (unpaired) electrons. The van der Waals surface area contributed by atoms with Crippen molar-refractivity contribution in [1.82, 2.24) is 0 Å². The van der Waals surface area contributed by atoms with Crippen molar-refractivity contribution in [2.75, 3.05) is 6.61 Å². The van der Waals surface area contributed by atoms with Crippen LogP contribution in [0.4, 0.5) is 0 Å². The van der Waals surface area contributed by atoms with E-state index in [2.05, 4.69) is 47.6 Å². The normalized spacial score (nSPS) is 47.7. The van der Waals surface area contributed by atoms with Gasteiger partial charge in [-0.15, -0.1) is 0 Å². The Morgan fingerprint density at radius 1 is 1.02 bits per heavy atom. The number of hydrogen-bond donors (Lipinski definition) is 5. The molecule has 3 unspecified atom stereocenters. The van der Waals surface area contributed by atoms with Gasteiger partial charge in [-0.3, -0.25) is 4.79 Å². The highest BCUT2D eigenvalue weighted by Gasteiger charge is 2.70. The number of aliphatic hydroxyl groups excluding tert-OH is 4. The van der Waals surface area contributed by atoms with Crippen molar-refractivity contribution in [3.63, 3.8) is 0 Å². The molecule has 8 nitrogen and oxygen atoms in total. The van der Waals surface area contributed by atoms with Gasteiger partial charge in [0.05, 0.1) is 36.6 Å². The van der Waals surface area contributed by atoms with Crippen LogP contribution in [0.5, 0.6) is 0 Å². The maximum absolute atomic E-state index is 14.5. The molecule has 45 heavy (non-hydrogen) atoms. The number of ether oxygens (including phenoxy) is 2. The number of aliphatic hydroxyl groups is 5. The maximum atomic E-state index is 14.5. The lowest BCUT2D eigenvalue weighted by Crippen LogP contribution is -2.63.